The monoisotopic (exact) mass is 317 g/mol. The molecule has 0 saturated heterocycles. The lowest BCUT2D eigenvalue weighted by atomic mass is 10.2. The summed E-state index contributed by atoms with van der Waals surface area (Å²) in [4.78, 5) is 19.4. The van der Waals surface area contributed by atoms with Crippen LogP contribution in [0.5, 0.6) is 0 Å². The number of hydrogen-bond donors (Lipinski definition) is 1. The number of nitrogens with zero attached hydrogens (tertiary/aromatic N) is 3. The lowest BCUT2D eigenvalue weighted by molar-refractivity contribution is 0.0697. The van der Waals surface area contributed by atoms with Gasteiger partial charge in [0.1, 0.15) is 10.4 Å². The Labute approximate surface area is 116 Å². The van der Waals surface area contributed by atoms with Crippen molar-refractivity contribution in [2.24, 2.45) is 0 Å². The number of aromatic nitrogens is 3. The van der Waals surface area contributed by atoms with Gasteiger partial charge in [-0.3, -0.25) is 9.38 Å². The molecule has 0 unspecified atom stereocenters. The fourth-order valence-electron chi connectivity index (χ4n) is 1.89. The summed E-state index contributed by atoms with van der Waals surface area (Å²) in [5, 5.41) is 9.01. The first-order chi connectivity index (χ1) is 9.16. The topological polar surface area (TPSA) is 67.5 Å². The molecule has 0 aliphatic carbocycles. The number of carboxylic acid groups (broad SMARTS) is 1. The molecule has 0 fully saturated rings. The van der Waals surface area contributed by atoms with Gasteiger partial charge in [-0.25, -0.2) is 9.78 Å². The van der Waals surface area contributed by atoms with Crippen molar-refractivity contribution in [2.45, 2.75) is 0 Å². The Bertz CT molecular complexity index is 768. The van der Waals surface area contributed by atoms with Crippen LogP contribution < -0.4 is 0 Å². The van der Waals surface area contributed by atoms with Gasteiger partial charge in [-0.1, -0.05) is 0 Å². The van der Waals surface area contributed by atoms with Gasteiger partial charge in [0.25, 0.3) is 0 Å². The number of halogens is 1. The van der Waals surface area contributed by atoms with E-state index in [0.29, 0.717) is 10.1 Å². The highest BCUT2D eigenvalue weighted by Gasteiger charge is 2.13. The molecule has 0 atom stereocenters. The van der Waals surface area contributed by atoms with Crippen molar-refractivity contribution < 1.29 is 9.90 Å². The largest absolute Gasteiger partial charge is 0.478 e. The van der Waals surface area contributed by atoms with Crippen LogP contribution in [0, 0.1) is 0 Å². The summed E-state index contributed by atoms with van der Waals surface area (Å²) in [6.07, 6.45) is 5.08. The molecule has 0 aliphatic rings. The Morgan fingerprint density at radius 2 is 2.00 bits per heavy atom. The average molecular weight is 318 g/mol. The Kier molecular flexibility index (Phi) is 2.79. The minimum absolute atomic E-state index is 0.231. The van der Waals surface area contributed by atoms with E-state index in [1.54, 1.807) is 30.7 Å². The zero-order valence-corrected chi connectivity index (χ0v) is 11.2. The number of pyridine rings is 2. The molecule has 94 valence electrons. The van der Waals surface area contributed by atoms with Crippen LogP contribution in [-0.4, -0.2) is 25.4 Å². The molecule has 3 aromatic rings. The molecule has 3 heterocycles. The number of rotatable bonds is 2. The molecule has 3 aromatic heterocycles. The van der Waals surface area contributed by atoms with Gasteiger partial charge in [-0.2, -0.15) is 0 Å². The lowest BCUT2D eigenvalue weighted by Crippen LogP contribution is -1.98. The zero-order chi connectivity index (χ0) is 13.4. The number of imidazole rings is 1. The van der Waals surface area contributed by atoms with Crippen LogP contribution in [0.2, 0.25) is 0 Å². The summed E-state index contributed by atoms with van der Waals surface area (Å²) in [7, 11) is 0. The summed E-state index contributed by atoms with van der Waals surface area (Å²) in [6, 6.07) is 6.84. The van der Waals surface area contributed by atoms with Gasteiger partial charge in [0.05, 0.1) is 11.1 Å². The molecule has 3 rings (SSSR count). The molecule has 0 radical (unpaired) electrons. The summed E-state index contributed by atoms with van der Waals surface area (Å²) < 4.78 is 2.45. The first kappa shape index (κ1) is 11.9. The lowest BCUT2D eigenvalue weighted by Gasteiger charge is -2.01. The second-order valence-electron chi connectivity index (χ2n) is 3.94. The zero-order valence-electron chi connectivity index (χ0n) is 9.62. The Balaban J connectivity index is 2.26. The van der Waals surface area contributed by atoms with Crippen molar-refractivity contribution in [3.8, 4) is 11.4 Å². The van der Waals surface area contributed by atoms with E-state index in [2.05, 4.69) is 25.9 Å². The van der Waals surface area contributed by atoms with E-state index in [1.165, 1.54) is 0 Å². The smallest absolute Gasteiger partial charge is 0.335 e. The van der Waals surface area contributed by atoms with Crippen molar-refractivity contribution in [2.75, 3.05) is 0 Å². The molecule has 0 saturated carbocycles. The predicted octanol–water partition coefficient (Wildman–Crippen LogP) is 2.86. The number of carboxylic acids is 1. The second-order valence-corrected chi connectivity index (χ2v) is 4.69. The number of aromatic carboxylic acids is 1. The SMILES string of the molecule is O=C(O)c1ccn2c(-c3ccncc3)nc(Br)c2c1. The van der Waals surface area contributed by atoms with Crippen LogP contribution >= 0.6 is 15.9 Å². The van der Waals surface area contributed by atoms with Crippen LogP contribution in [0.15, 0.2) is 47.5 Å². The summed E-state index contributed by atoms with van der Waals surface area (Å²) in [5.74, 6) is -0.220. The normalized spacial score (nSPS) is 10.8. The van der Waals surface area contributed by atoms with E-state index in [4.69, 9.17) is 5.11 Å². The van der Waals surface area contributed by atoms with Crippen LogP contribution in [0.3, 0.4) is 0 Å². The first-order valence-corrected chi connectivity index (χ1v) is 6.27. The highest BCUT2D eigenvalue weighted by atomic mass is 79.9. The molecule has 0 spiro atoms. The average Bonchev–Trinajstić information content (AvgIpc) is 2.77. The van der Waals surface area contributed by atoms with Crippen LogP contribution in [-0.2, 0) is 0 Å². The summed E-state index contributed by atoms with van der Waals surface area (Å²) in [6.45, 7) is 0. The third-order valence-corrected chi connectivity index (χ3v) is 3.37. The maximum atomic E-state index is 11.0. The van der Waals surface area contributed by atoms with E-state index in [1.807, 2.05) is 16.5 Å². The summed E-state index contributed by atoms with van der Waals surface area (Å²) in [5.41, 5.74) is 1.86. The molecular weight excluding hydrogens is 310 g/mol. The molecule has 0 bridgehead atoms. The minimum Gasteiger partial charge on any atom is -0.478 e. The number of carbonyl (C=O) groups is 1. The van der Waals surface area contributed by atoms with Gasteiger partial charge in [-0.05, 0) is 40.2 Å². The van der Waals surface area contributed by atoms with Crippen LogP contribution in [0.25, 0.3) is 16.9 Å². The summed E-state index contributed by atoms with van der Waals surface area (Å²) >= 11 is 3.36. The quantitative estimate of drug-likeness (QED) is 0.789. The fourth-order valence-corrected chi connectivity index (χ4v) is 2.36. The van der Waals surface area contributed by atoms with E-state index >= 15 is 0 Å². The third kappa shape index (κ3) is 2.00. The van der Waals surface area contributed by atoms with Gasteiger partial charge in [-0.15, -0.1) is 0 Å². The Morgan fingerprint density at radius 3 is 2.68 bits per heavy atom. The van der Waals surface area contributed by atoms with Gasteiger partial charge < -0.3 is 5.11 Å². The molecule has 0 amide bonds. The van der Waals surface area contributed by atoms with E-state index < -0.39 is 5.97 Å². The van der Waals surface area contributed by atoms with Crippen molar-refractivity contribution in [1.29, 1.82) is 0 Å². The third-order valence-electron chi connectivity index (χ3n) is 2.78. The highest BCUT2D eigenvalue weighted by molar-refractivity contribution is 9.10. The predicted molar refractivity (Wildman–Crippen MR) is 73.1 cm³/mol. The maximum Gasteiger partial charge on any atom is 0.335 e. The Hall–Kier alpha value is -2.21. The van der Waals surface area contributed by atoms with Gasteiger partial charge in [0, 0.05) is 24.2 Å². The van der Waals surface area contributed by atoms with E-state index in [0.717, 1.165) is 11.4 Å². The molecule has 0 aromatic carbocycles. The maximum absolute atomic E-state index is 11.0. The van der Waals surface area contributed by atoms with Crippen molar-refractivity contribution >= 4 is 27.4 Å². The van der Waals surface area contributed by atoms with E-state index in [9.17, 15) is 4.79 Å². The van der Waals surface area contributed by atoms with E-state index in [-0.39, 0.29) is 5.56 Å². The first-order valence-electron chi connectivity index (χ1n) is 5.48. The number of hydrogen-bond acceptors (Lipinski definition) is 3. The molecule has 5 nitrogen and oxygen atoms in total. The van der Waals surface area contributed by atoms with Gasteiger partial charge in [0.2, 0.25) is 0 Å². The Morgan fingerprint density at radius 1 is 1.26 bits per heavy atom. The molecule has 0 aliphatic heterocycles. The van der Waals surface area contributed by atoms with Crippen molar-refractivity contribution in [3.63, 3.8) is 0 Å². The molecule has 6 heteroatoms. The van der Waals surface area contributed by atoms with Gasteiger partial charge in [0.15, 0.2) is 0 Å². The second kappa shape index (κ2) is 4.47. The van der Waals surface area contributed by atoms with Crippen molar-refractivity contribution in [3.05, 3.63) is 53.0 Å². The molecule has 19 heavy (non-hydrogen) atoms. The molecule has 1 N–H and O–H groups in total. The molecular formula is C13H8BrN3O2. The minimum atomic E-state index is -0.957. The van der Waals surface area contributed by atoms with Crippen LogP contribution in [0.4, 0.5) is 0 Å². The van der Waals surface area contributed by atoms with Crippen molar-refractivity contribution in [1.82, 2.24) is 14.4 Å². The highest BCUT2D eigenvalue weighted by Crippen LogP contribution is 2.26. The fraction of sp³-hybridized carbons (Fsp3) is 0. The standard InChI is InChI=1S/C13H8BrN3O2/c14-11-10-7-9(13(18)19)3-6-17(10)12(16-11)8-1-4-15-5-2-8/h1-7H,(H,18,19). The van der Waals surface area contributed by atoms with Gasteiger partial charge >= 0.3 is 5.97 Å². The van der Waals surface area contributed by atoms with Crippen LogP contribution in [0.1, 0.15) is 10.4 Å². The number of fused-ring (bicyclic) bond motifs is 1.